The van der Waals surface area contributed by atoms with E-state index in [-0.39, 0.29) is 23.1 Å². The number of hydrogen-bond donors (Lipinski definition) is 2. The van der Waals surface area contributed by atoms with Gasteiger partial charge < -0.3 is 10.6 Å². The third-order valence-corrected chi connectivity index (χ3v) is 4.20. The maximum atomic E-state index is 14.1. The number of amides is 1. The molecule has 0 bridgehead atoms. The smallest absolute Gasteiger partial charge is 0.227 e. The summed E-state index contributed by atoms with van der Waals surface area (Å²) in [5, 5.41) is 6.09. The summed E-state index contributed by atoms with van der Waals surface area (Å²) in [6.07, 6.45) is 2.71. The van der Waals surface area contributed by atoms with Gasteiger partial charge in [0.2, 0.25) is 5.91 Å². The van der Waals surface area contributed by atoms with Crippen LogP contribution >= 0.6 is 0 Å². The molecule has 0 aromatic heterocycles. The first kappa shape index (κ1) is 13.4. The predicted molar refractivity (Wildman–Crippen MR) is 78.3 cm³/mol. The minimum atomic E-state index is -0.361. The Morgan fingerprint density at radius 2 is 2.05 bits per heavy atom. The van der Waals surface area contributed by atoms with Crippen LogP contribution in [0.3, 0.4) is 0 Å². The van der Waals surface area contributed by atoms with Crippen LogP contribution in [0.15, 0.2) is 12.1 Å². The summed E-state index contributed by atoms with van der Waals surface area (Å²) in [5.74, 6) is -0.329. The van der Waals surface area contributed by atoms with Crippen LogP contribution in [-0.4, -0.2) is 11.9 Å². The Bertz CT molecular complexity index is 558. The van der Waals surface area contributed by atoms with E-state index < -0.39 is 0 Å². The van der Waals surface area contributed by atoms with Crippen LogP contribution in [0.25, 0.3) is 0 Å². The maximum absolute atomic E-state index is 14.1. The van der Waals surface area contributed by atoms with Crippen molar-refractivity contribution in [3.63, 3.8) is 0 Å². The summed E-state index contributed by atoms with van der Waals surface area (Å²) < 4.78 is 14.1. The zero-order valence-corrected chi connectivity index (χ0v) is 12.2. The van der Waals surface area contributed by atoms with Gasteiger partial charge in [-0.3, -0.25) is 4.79 Å². The fourth-order valence-electron chi connectivity index (χ4n) is 2.58. The molecular weight excluding hydrogens is 255 g/mol. The molecule has 0 radical (unpaired) electrons. The van der Waals surface area contributed by atoms with Gasteiger partial charge in [-0.05, 0) is 42.4 Å². The van der Waals surface area contributed by atoms with Gasteiger partial charge >= 0.3 is 0 Å². The molecule has 1 fully saturated rings. The summed E-state index contributed by atoms with van der Waals surface area (Å²) in [6.45, 7) is 6.51. The van der Waals surface area contributed by atoms with Crippen LogP contribution in [0, 0.1) is 17.2 Å². The lowest BCUT2D eigenvalue weighted by atomic mass is 9.85. The molecule has 0 spiro atoms. The third-order valence-electron chi connectivity index (χ3n) is 4.20. The Balaban J connectivity index is 1.81. The number of halogens is 1. The number of carbonyl (C=O) groups is 1. The monoisotopic (exact) mass is 276 g/mol. The van der Waals surface area contributed by atoms with Crippen molar-refractivity contribution >= 4 is 17.3 Å². The lowest BCUT2D eigenvalue weighted by Gasteiger charge is -2.27. The molecule has 0 saturated heterocycles. The zero-order valence-electron chi connectivity index (χ0n) is 12.2. The first-order valence-corrected chi connectivity index (χ1v) is 7.24. The molecule has 1 amide bonds. The standard InChI is InChI=1S/C16H21FN2O/c1-16(2,3)14-7-10-6-13(11(17)8-12(10)18-14)19-15(20)9-4-5-9/h6,8-9,14,18H,4-5,7H2,1-3H3,(H,19,20). The minimum absolute atomic E-state index is 0.0535. The van der Waals surface area contributed by atoms with E-state index in [1.165, 1.54) is 6.07 Å². The molecule has 1 aliphatic heterocycles. The fraction of sp³-hybridized carbons (Fsp3) is 0.562. The van der Waals surface area contributed by atoms with Crippen LogP contribution in [0.5, 0.6) is 0 Å². The normalized spacial score (nSPS) is 21.3. The van der Waals surface area contributed by atoms with E-state index in [1.807, 2.05) is 0 Å². The Hall–Kier alpha value is -1.58. The molecule has 3 nitrogen and oxygen atoms in total. The van der Waals surface area contributed by atoms with E-state index in [0.29, 0.717) is 11.7 Å². The highest BCUT2D eigenvalue weighted by Gasteiger charge is 2.33. The largest absolute Gasteiger partial charge is 0.381 e. The van der Waals surface area contributed by atoms with Crippen molar-refractivity contribution in [3.05, 3.63) is 23.5 Å². The third kappa shape index (κ3) is 2.51. The Morgan fingerprint density at radius 1 is 1.35 bits per heavy atom. The van der Waals surface area contributed by atoms with Gasteiger partial charge in [-0.15, -0.1) is 0 Å². The first-order valence-electron chi connectivity index (χ1n) is 7.24. The van der Waals surface area contributed by atoms with Crippen LogP contribution < -0.4 is 10.6 Å². The van der Waals surface area contributed by atoms with E-state index in [1.54, 1.807) is 6.07 Å². The summed E-state index contributed by atoms with van der Waals surface area (Å²) in [5.41, 5.74) is 2.37. The zero-order chi connectivity index (χ0) is 14.5. The van der Waals surface area contributed by atoms with Gasteiger partial charge in [0.05, 0.1) is 5.69 Å². The second-order valence-corrected chi connectivity index (χ2v) is 7.02. The van der Waals surface area contributed by atoms with E-state index in [0.717, 1.165) is 30.5 Å². The van der Waals surface area contributed by atoms with Crippen LogP contribution in [0.2, 0.25) is 0 Å². The number of fused-ring (bicyclic) bond motifs is 1. The molecule has 20 heavy (non-hydrogen) atoms. The number of hydrogen-bond acceptors (Lipinski definition) is 2. The van der Waals surface area contributed by atoms with Gasteiger partial charge in [0.25, 0.3) is 0 Å². The van der Waals surface area contributed by atoms with Crippen molar-refractivity contribution in [1.82, 2.24) is 0 Å². The highest BCUT2D eigenvalue weighted by atomic mass is 19.1. The van der Waals surface area contributed by atoms with Crippen LogP contribution in [0.1, 0.15) is 39.2 Å². The highest BCUT2D eigenvalue weighted by Crippen LogP contribution is 2.37. The van der Waals surface area contributed by atoms with Gasteiger partial charge in [0, 0.05) is 17.6 Å². The molecule has 4 heteroatoms. The molecule has 1 heterocycles. The van der Waals surface area contributed by atoms with Gasteiger partial charge in [-0.2, -0.15) is 0 Å². The van der Waals surface area contributed by atoms with Gasteiger partial charge in [0.1, 0.15) is 5.82 Å². The molecule has 108 valence electrons. The lowest BCUT2D eigenvalue weighted by molar-refractivity contribution is -0.117. The summed E-state index contributed by atoms with van der Waals surface area (Å²) in [7, 11) is 0. The summed E-state index contributed by atoms with van der Waals surface area (Å²) >= 11 is 0. The summed E-state index contributed by atoms with van der Waals surface area (Å²) in [4.78, 5) is 11.8. The van der Waals surface area contributed by atoms with Crippen molar-refractivity contribution in [1.29, 1.82) is 0 Å². The van der Waals surface area contributed by atoms with E-state index in [9.17, 15) is 9.18 Å². The molecule has 2 aliphatic rings. The molecule has 1 unspecified atom stereocenters. The molecule has 1 aromatic rings. The number of nitrogens with one attached hydrogen (secondary N) is 2. The van der Waals surface area contributed by atoms with Crippen LogP contribution in [0.4, 0.5) is 15.8 Å². The SMILES string of the molecule is CC(C)(C)C1Cc2cc(NC(=O)C3CC3)c(F)cc2N1. The van der Waals surface area contributed by atoms with Crippen molar-refractivity contribution < 1.29 is 9.18 Å². The maximum Gasteiger partial charge on any atom is 0.227 e. The quantitative estimate of drug-likeness (QED) is 0.867. The Labute approximate surface area is 118 Å². The number of anilines is 2. The number of rotatable bonds is 2. The van der Waals surface area contributed by atoms with E-state index in [4.69, 9.17) is 0 Å². The molecule has 1 saturated carbocycles. The molecule has 3 rings (SSSR count). The minimum Gasteiger partial charge on any atom is -0.381 e. The van der Waals surface area contributed by atoms with Gasteiger partial charge in [0.15, 0.2) is 0 Å². The molecule has 1 aliphatic carbocycles. The summed E-state index contributed by atoms with van der Waals surface area (Å²) in [6, 6.07) is 3.58. The predicted octanol–water partition coefficient (Wildman–Crippen LogP) is 3.56. The average molecular weight is 276 g/mol. The fourth-order valence-corrected chi connectivity index (χ4v) is 2.58. The number of benzene rings is 1. The van der Waals surface area contributed by atoms with Gasteiger partial charge in [-0.1, -0.05) is 20.8 Å². The highest BCUT2D eigenvalue weighted by molar-refractivity contribution is 5.94. The van der Waals surface area contributed by atoms with E-state index >= 15 is 0 Å². The lowest BCUT2D eigenvalue weighted by Crippen LogP contribution is -2.31. The first-order chi connectivity index (χ1) is 9.34. The van der Waals surface area contributed by atoms with Crippen molar-refractivity contribution in [2.24, 2.45) is 11.3 Å². The van der Waals surface area contributed by atoms with E-state index in [2.05, 4.69) is 31.4 Å². The van der Waals surface area contributed by atoms with Crippen LogP contribution in [-0.2, 0) is 11.2 Å². The van der Waals surface area contributed by atoms with Crippen molar-refractivity contribution in [3.8, 4) is 0 Å². The molecule has 2 N–H and O–H groups in total. The van der Waals surface area contributed by atoms with Crippen molar-refractivity contribution in [2.75, 3.05) is 10.6 Å². The second-order valence-electron chi connectivity index (χ2n) is 7.02. The molecule has 1 atom stereocenters. The Morgan fingerprint density at radius 3 is 2.65 bits per heavy atom. The molecular formula is C16H21FN2O. The molecule has 1 aromatic carbocycles. The Kier molecular flexibility index (Phi) is 3.00. The van der Waals surface area contributed by atoms with Crippen molar-refractivity contribution in [2.45, 2.75) is 46.1 Å². The average Bonchev–Trinajstić information content (AvgIpc) is 3.10. The number of carbonyl (C=O) groups excluding carboxylic acids is 1. The topological polar surface area (TPSA) is 41.1 Å². The van der Waals surface area contributed by atoms with Gasteiger partial charge in [-0.25, -0.2) is 4.39 Å². The second kappa shape index (κ2) is 4.47.